The van der Waals surface area contributed by atoms with Crippen LogP contribution in [-0.4, -0.2) is 43.0 Å². The summed E-state index contributed by atoms with van der Waals surface area (Å²) in [6.07, 6.45) is -3.78. The molecule has 0 bridgehead atoms. The van der Waals surface area contributed by atoms with Gasteiger partial charge < -0.3 is 4.90 Å². The molecule has 0 saturated carbocycles. The zero-order valence-corrected chi connectivity index (χ0v) is 23.9. The summed E-state index contributed by atoms with van der Waals surface area (Å²) >= 11 is 24.4. The molecule has 0 N–H and O–H groups in total. The largest absolute Gasteiger partial charge is 0.436 e. The molecule has 1 aliphatic rings. The molecule has 6 nitrogen and oxygen atoms in total. The minimum Gasteiger partial charge on any atom is -0.338 e. The lowest BCUT2D eigenvalue weighted by atomic mass is 9.97. The van der Waals surface area contributed by atoms with Gasteiger partial charge in [0, 0.05) is 28.9 Å². The van der Waals surface area contributed by atoms with E-state index < -0.39 is 23.3 Å². The van der Waals surface area contributed by atoms with Crippen LogP contribution in [0.25, 0.3) is 16.3 Å². The van der Waals surface area contributed by atoms with E-state index in [1.165, 1.54) is 16.2 Å². The third-order valence-corrected chi connectivity index (χ3v) is 9.57. The molecule has 194 valence electrons. The number of piperidine rings is 1. The molecule has 0 unspecified atom stereocenters. The molecule has 3 aromatic heterocycles. The van der Waals surface area contributed by atoms with Gasteiger partial charge in [-0.2, -0.15) is 22.6 Å². The number of carbonyl (C=O) groups is 1. The van der Waals surface area contributed by atoms with Gasteiger partial charge in [0.2, 0.25) is 0 Å². The quantitative estimate of drug-likeness (QED) is 0.220. The Morgan fingerprint density at radius 3 is 2.38 bits per heavy atom. The highest BCUT2D eigenvalue weighted by Gasteiger charge is 2.43. The number of hydrogen-bond donors (Lipinski definition) is 0. The fourth-order valence-corrected chi connectivity index (χ4v) is 6.84. The van der Waals surface area contributed by atoms with E-state index in [0.717, 1.165) is 25.7 Å². The molecule has 1 fully saturated rings. The van der Waals surface area contributed by atoms with Crippen molar-refractivity contribution in [3.8, 4) is 16.3 Å². The molecule has 0 aliphatic carbocycles. The zero-order valence-electron chi connectivity index (χ0n) is 18.4. The number of nitrogens with zero attached hydrogens (tertiary/aromatic N) is 5. The van der Waals surface area contributed by atoms with Crippen molar-refractivity contribution < 1.29 is 18.0 Å². The summed E-state index contributed by atoms with van der Waals surface area (Å²) in [5.41, 5.74) is -0.978. The Labute approximate surface area is 240 Å². The van der Waals surface area contributed by atoms with Crippen molar-refractivity contribution in [1.82, 2.24) is 24.0 Å². The van der Waals surface area contributed by atoms with Gasteiger partial charge in [-0.15, -0.1) is 11.3 Å². The van der Waals surface area contributed by atoms with Gasteiger partial charge in [0.1, 0.15) is 10.7 Å². The highest BCUT2D eigenvalue weighted by molar-refractivity contribution is 9.10. The van der Waals surface area contributed by atoms with Crippen LogP contribution >= 0.6 is 73.6 Å². The average molecular weight is 672 g/mol. The summed E-state index contributed by atoms with van der Waals surface area (Å²) in [7, 11) is 0. The van der Waals surface area contributed by atoms with Crippen LogP contribution in [0.15, 0.2) is 34.1 Å². The van der Waals surface area contributed by atoms with Crippen LogP contribution in [0.2, 0.25) is 15.3 Å². The van der Waals surface area contributed by atoms with Crippen molar-refractivity contribution in [2.45, 2.75) is 24.9 Å². The molecule has 0 radical (unpaired) electrons. The second kappa shape index (κ2) is 10.5. The maximum Gasteiger partial charge on any atom is 0.436 e. The summed E-state index contributed by atoms with van der Waals surface area (Å²) in [6, 6.07) is 6.40. The first-order valence-electron chi connectivity index (χ1n) is 10.7. The van der Waals surface area contributed by atoms with Crippen LogP contribution in [0, 0.1) is 0 Å². The maximum absolute atomic E-state index is 13.9. The first-order chi connectivity index (χ1) is 17.5. The molecule has 1 saturated heterocycles. The predicted molar refractivity (Wildman–Crippen MR) is 142 cm³/mol. The molecule has 1 aliphatic heterocycles. The molecule has 0 atom stereocenters. The lowest BCUT2D eigenvalue weighted by Gasteiger charge is -2.31. The van der Waals surface area contributed by atoms with Gasteiger partial charge in [0.05, 0.1) is 26.3 Å². The van der Waals surface area contributed by atoms with Crippen molar-refractivity contribution in [3.63, 3.8) is 0 Å². The van der Waals surface area contributed by atoms with Crippen molar-refractivity contribution in [2.24, 2.45) is 0 Å². The zero-order chi connectivity index (χ0) is 26.5. The van der Waals surface area contributed by atoms with Crippen LogP contribution in [0.5, 0.6) is 0 Å². The monoisotopic (exact) mass is 669 g/mol. The average Bonchev–Trinajstić information content (AvgIpc) is 3.57. The summed E-state index contributed by atoms with van der Waals surface area (Å²) in [5.74, 6) is -0.752. The number of benzene rings is 1. The number of thiazole rings is 1. The number of carbonyl (C=O) groups excluding carboxylic acids is 1. The molecule has 4 aromatic rings. The van der Waals surface area contributed by atoms with Gasteiger partial charge >= 0.3 is 6.18 Å². The number of aromatic nitrogens is 4. The Morgan fingerprint density at radius 2 is 1.78 bits per heavy atom. The molecular weight excluding hydrogens is 658 g/mol. The van der Waals surface area contributed by atoms with Crippen LogP contribution in [0.4, 0.5) is 13.2 Å². The maximum atomic E-state index is 13.9. The molecule has 4 heterocycles. The summed E-state index contributed by atoms with van der Waals surface area (Å²) in [6.45, 7) is 0.505. The number of amides is 1. The second-order valence-corrected chi connectivity index (χ2v) is 11.8. The molecular formula is C22H14BrCl3F3N5OS2. The Bertz CT molecular complexity index is 1460. The van der Waals surface area contributed by atoms with E-state index in [4.69, 9.17) is 34.8 Å². The van der Waals surface area contributed by atoms with Crippen LogP contribution in [0.1, 0.15) is 39.8 Å². The molecule has 1 aromatic carbocycles. The fraction of sp³-hybridized carbons (Fsp3) is 0.273. The summed E-state index contributed by atoms with van der Waals surface area (Å²) in [4.78, 5) is 20.0. The topological polar surface area (TPSA) is 63.9 Å². The third-order valence-electron chi connectivity index (χ3n) is 5.87. The predicted octanol–water partition coefficient (Wildman–Crippen LogP) is 8.21. The van der Waals surface area contributed by atoms with E-state index in [1.54, 1.807) is 24.3 Å². The number of halogens is 7. The molecule has 15 heteroatoms. The molecule has 0 spiro atoms. The Hall–Kier alpha value is -1.70. The van der Waals surface area contributed by atoms with Gasteiger partial charge in [-0.25, -0.2) is 9.67 Å². The van der Waals surface area contributed by atoms with E-state index in [1.807, 2.05) is 5.38 Å². The highest BCUT2D eigenvalue weighted by Crippen LogP contribution is 2.41. The van der Waals surface area contributed by atoms with Crippen molar-refractivity contribution in [2.75, 3.05) is 13.1 Å². The minimum absolute atomic E-state index is 0.0491. The lowest BCUT2D eigenvalue weighted by molar-refractivity contribution is -0.141. The van der Waals surface area contributed by atoms with Gasteiger partial charge in [0.15, 0.2) is 10.8 Å². The summed E-state index contributed by atoms with van der Waals surface area (Å²) < 4.78 is 47.3. The Balaban J connectivity index is 1.35. The van der Waals surface area contributed by atoms with Crippen molar-refractivity contribution in [3.05, 3.63) is 65.7 Å². The summed E-state index contributed by atoms with van der Waals surface area (Å²) in [5, 5.41) is 6.59. The first kappa shape index (κ1) is 26.9. The van der Waals surface area contributed by atoms with Gasteiger partial charge in [-0.1, -0.05) is 50.7 Å². The number of likely N-dealkylation sites (tertiary alicyclic amines) is 1. The highest BCUT2D eigenvalue weighted by atomic mass is 79.9. The smallest absolute Gasteiger partial charge is 0.338 e. The lowest BCUT2D eigenvalue weighted by Crippen LogP contribution is -2.38. The van der Waals surface area contributed by atoms with Crippen LogP contribution in [0.3, 0.4) is 0 Å². The van der Waals surface area contributed by atoms with Crippen LogP contribution in [-0.2, 0) is 6.18 Å². The fourth-order valence-electron chi connectivity index (χ4n) is 4.02. The van der Waals surface area contributed by atoms with Gasteiger partial charge in [-0.3, -0.25) is 4.79 Å². The van der Waals surface area contributed by atoms with E-state index in [2.05, 4.69) is 30.4 Å². The molecule has 37 heavy (non-hydrogen) atoms. The van der Waals surface area contributed by atoms with E-state index >= 15 is 0 Å². The number of hydrogen-bond acceptors (Lipinski definition) is 6. The minimum atomic E-state index is -4.86. The Kier molecular flexibility index (Phi) is 7.60. The second-order valence-electron chi connectivity index (χ2n) is 8.15. The third kappa shape index (κ3) is 5.28. The molecule has 1 amide bonds. The van der Waals surface area contributed by atoms with Crippen molar-refractivity contribution >= 4 is 79.5 Å². The van der Waals surface area contributed by atoms with Gasteiger partial charge in [-0.05, 0) is 48.6 Å². The van der Waals surface area contributed by atoms with E-state index in [9.17, 15) is 18.0 Å². The Morgan fingerprint density at radius 1 is 1.11 bits per heavy atom. The van der Waals surface area contributed by atoms with E-state index in [-0.39, 0.29) is 29.3 Å². The van der Waals surface area contributed by atoms with Gasteiger partial charge in [0.25, 0.3) is 5.91 Å². The normalized spacial score (nSPS) is 14.9. The molecule has 5 rings (SSSR count). The standard InChI is InChI=1S/C22H14BrCl3F3N5OS2/c23-11-1-3-12(4-2-11)34-19(26)14(17(31-34)22(27,28)29)21(35)33-7-5-10(6-8-33)20-30-13(9-36-20)16-15(24)18(25)32-37-16/h1-4,9-10H,5-8H2. The number of alkyl halides is 3. The number of rotatable bonds is 4. The van der Waals surface area contributed by atoms with E-state index in [0.29, 0.717) is 34.1 Å². The van der Waals surface area contributed by atoms with Crippen LogP contribution < -0.4 is 0 Å². The first-order valence-corrected chi connectivity index (χ1v) is 14.3. The van der Waals surface area contributed by atoms with Crippen molar-refractivity contribution in [1.29, 1.82) is 0 Å². The SMILES string of the molecule is O=C(c1c(C(F)(F)F)nn(-c2ccc(Br)cc2)c1Cl)N1CCC(c2nc(-c3snc(Cl)c3Cl)cs2)CC1.